The first-order valence-electron chi connectivity index (χ1n) is 11.6. The van der Waals surface area contributed by atoms with Crippen molar-refractivity contribution in [2.45, 2.75) is 43.7 Å². The van der Waals surface area contributed by atoms with E-state index in [1.165, 1.54) is 24.3 Å². The number of likely N-dealkylation sites (tertiary alicyclic amines) is 1. The quantitative estimate of drug-likeness (QED) is 0.490. The van der Waals surface area contributed by atoms with Gasteiger partial charge in [0, 0.05) is 30.0 Å². The maximum absolute atomic E-state index is 14.1. The second kappa shape index (κ2) is 10.2. The van der Waals surface area contributed by atoms with Crippen LogP contribution in [0.5, 0.6) is 0 Å². The van der Waals surface area contributed by atoms with Gasteiger partial charge in [0.05, 0.1) is 18.8 Å². The Kier molecular flexibility index (Phi) is 7.28. The highest BCUT2D eigenvalue weighted by atomic mass is 19.1. The van der Waals surface area contributed by atoms with Crippen LogP contribution >= 0.6 is 0 Å². The Hall–Kier alpha value is -3.16. The summed E-state index contributed by atoms with van der Waals surface area (Å²) in [6.45, 7) is 1.92. The topological polar surface area (TPSA) is 60.8 Å². The molecule has 0 spiro atoms. The first kappa shape index (κ1) is 24.9. The van der Waals surface area contributed by atoms with Gasteiger partial charge in [0.25, 0.3) is 0 Å². The second-order valence-corrected chi connectivity index (χ2v) is 9.26. The van der Waals surface area contributed by atoms with Gasteiger partial charge < -0.3 is 15.1 Å². The fourth-order valence-corrected chi connectivity index (χ4v) is 5.05. The van der Waals surface area contributed by atoms with Crippen LogP contribution < -0.4 is 0 Å². The fourth-order valence-electron chi connectivity index (χ4n) is 5.05. The third-order valence-electron chi connectivity index (χ3n) is 7.04. The predicted molar refractivity (Wildman–Crippen MR) is 127 cm³/mol. The molecular weight excluding hydrogens is 455 g/mol. The summed E-state index contributed by atoms with van der Waals surface area (Å²) in [4.78, 5) is 15.1. The number of hydrogen-bond acceptors (Lipinski definition) is 3. The van der Waals surface area contributed by atoms with Crippen molar-refractivity contribution in [3.63, 3.8) is 0 Å². The molecule has 1 aliphatic heterocycles. The molecule has 3 atom stereocenters. The minimum absolute atomic E-state index is 0.105. The molecule has 0 aromatic heterocycles. The van der Waals surface area contributed by atoms with Gasteiger partial charge in [-0.05, 0) is 60.7 Å². The van der Waals surface area contributed by atoms with E-state index >= 15 is 0 Å². The summed E-state index contributed by atoms with van der Waals surface area (Å²) in [5.74, 6) is -1.76. The number of aliphatic hydroxyl groups excluding tert-OH is 2. The van der Waals surface area contributed by atoms with E-state index < -0.39 is 29.8 Å². The molecule has 0 radical (unpaired) electrons. The highest BCUT2D eigenvalue weighted by Crippen LogP contribution is 2.42. The van der Waals surface area contributed by atoms with E-state index in [-0.39, 0.29) is 30.6 Å². The van der Waals surface area contributed by atoms with Crippen LogP contribution in [0.25, 0.3) is 11.1 Å². The molecule has 1 fully saturated rings. The molecule has 4 nitrogen and oxygen atoms in total. The van der Waals surface area contributed by atoms with E-state index in [9.17, 15) is 28.2 Å². The number of rotatable bonds is 7. The van der Waals surface area contributed by atoms with Gasteiger partial charge in [0.1, 0.15) is 17.5 Å². The lowest BCUT2D eigenvalue weighted by Crippen LogP contribution is -2.48. The fraction of sp³-hybridized carbons (Fsp3) is 0.321. The minimum atomic E-state index is -0.990. The monoisotopic (exact) mass is 483 g/mol. The number of hydrogen-bond donors (Lipinski definition) is 2. The molecule has 7 heteroatoms. The smallest absolute Gasteiger partial charge is 0.223 e. The minimum Gasteiger partial charge on any atom is -0.394 e. The van der Waals surface area contributed by atoms with E-state index in [2.05, 4.69) is 0 Å². The Labute approximate surface area is 202 Å². The Bertz CT molecular complexity index is 1180. The van der Waals surface area contributed by atoms with Crippen molar-refractivity contribution in [1.82, 2.24) is 4.90 Å². The van der Waals surface area contributed by atoms with Crippen molar-refractivity contribution in [2.75, 3.05) is 13.2 Å². The molecule has 35 heavy (non-hydrogen) atoms. The number of aliphatic hydroxyl groups is 2. The lowest BCUT2D eigenvalue weighted by Gasteiger charge is -2.44. The van der Waals surface area contributed by atoms with Gasteiger partial charge in [-0.3, -0.25) is 4.79 Å². The van der Waals surface area contributed by atoms with Crippen LogP contribution in [0.4, 0.5) is 13.2 Å². The highest BCUT2D eigenvalue weighted by molar-refractivity contribution is 5.79. The molecule has 0 unspecified atom stereocenters. The first-order chi connectivity index (χ1) is 16.7. The summed E-state index contributed by atoms with van der Waals surface area (Å²) in [5, 5.41) is 19.6. The molecule has 1 aliphatic rings. The van der Waals surface area contributed by atoms with Crippen molar-refractivity contribution in [1.29, 1.82) is 0 Å². The third kappa shape index (κ3) is 5.26. The number of benzene rings is 3. The third-order valence-corrected chi connectivity index (χ3v) is 7.04. The summed E-state index contributed by atoms with van der Waals surface area (Å²) in [6, 6.07) is 16.3. The number of nitrogens with zero attached hydrogens (tertiary/aromatic N) is 1. The molecule has 1 saturated heterocycles. The Morgan fingerprint density at radius 2 is 1.63 bits per heavy atom. The summed E-state index contributed by atoms with van der Waals surface area (Å²) < 4.78 is 40.9. The molecule has 184 valence electrons. The summed E-state index contributed by atoms with van der Waals surface area (Å²) >= 11 is 0. The van der Waals surface area contributed by atoms with Crippen LogP contribution in [-0.4, -0.2) is 40.3 Å². The highest BCUT2D eigenvalue weighted by Gasteiger charge is 2.42. The van der Waals surface area contributed by atoms with Crippen LogP contribution in [0.3, 0.4) is 0 Å². The molecule has 1 heterocycles. The number of amides is 1. The molecule has 1 amide bonds. The Balaban J connectivity index is 1.53. The summed E-state index contributed by atoms with van der Waals surface area (Å²) in [5.41, 5.74) is 1.84. The molecule has 0 aliphatic carbocycles. The zero-order valence-electron chi connectivity index (χ0n) is 19.4. The largest absolute Gasteiger partial charge is 0.394 e. The lowest BCUT2D eigenvalue weighted by molar-refractivity contribution is -0.139. The summed E-state index contributed by atoms with van der Waals surface area (Å²) in [7, 11) is 0. The standard InChI is InChI=1S/C28H28F3NO3/c1-18(19-2-4-20(5-3-19)25-11-10-23(30)14-26(25)31)32-13-12-28(16-27(32)35,15-24(34)17-33)21-6-8-22(29)9-7-21/h2-11,14,18,24,33-34H,12-13,15-17H2,1H3/t18-,24-,28+/m0/s1. The summed E-state index contributed by atoms with van der Waals surface area (Å²) in [6.07, 6.45) is -0.124. The predicted octanol–water partition coefficient (Wildman–Crippen LogP) is 5.14. The maximum atomic E-state index is 14.1. The molecule has 3 aromatic rings. The van der Waals surface area contributed by atoms with E-state index in [1.807, 2.05) is 19.1 Å². The van der Waals surface area contributed by atoms with E-state index in [0.717, 1.165) is 17.2 Å². The molecule has 2 N–H and O–H groups in total. The maximum Gasteiger partial charge on any atom is 0.223 e. The normalized spacial score (nSPS) is 20.1. The number of carbonyl (C=O) groups is 1. The SMILES string of the molecule is C[C@@H](c1ccc(-c2ccc(F)cc2F)cc1)N1CC[C@](C[C@H](O)CO)(c2ccc(F)cc2)CC1=O. The molecule has 0 bridgehead atoms. The average molecular weight is 484 g/mol. The number of halogens is 3. The van der Waals surface area contributed by atoms with Crippen molar-refractivity contribution in [3.05, 3.63) is 95.3 Å². The number of piperidine rings is 1. The van der Waals surface area contributed by atoms with Crippen LogP contribution in [-0.2, 0) is 10.2 Å². The van der Waals surface area contributed by atoms with Crippen molar-refractivity contribution < 1.29 is 28.2 Å². The van der Waals surface area contributed by atoms with Gasteiger partial charge in [-0.25, -0.2) is 13.2 Å². The van der Waals surface area contributed by atoms with Crippen LogP contribution in [0.1, 0.15) is 43.4 Å². The van der Waals surface area contributed by atoms with Crippen molar-refractivity contribution in [2.24, 2.45) is 0 Å². The van der Waals surface area contributed by atoms with Crippen molar-refractivity contribution >= 4 is 5.91 Å². The van der Waals surface area contributed by atoms with Gasteiger partial charge in [-0.1, -0.05) is 36.4 Å². The van der Waals surface area contributed by atoms with Gasteiger partial charge >= 0.3 is 0 Å². The van der Waals surface area contributed by atoms with Crippen molar-refractivity contribution in [3.8, 4) is 11.1 Å². The molecular formula is C28H28F3NO3. The van der Waals surface area contributed by atoms with E-state index in [4.69, 9.17) is 0 Å². The first-order valence-corrected chi connectivity index (χ1v) is 11.6. The second-order valence-electron chi connectivity index (χ2n) is 9.26. The van der Waals surface area contributed by atoms with Gasteiger partial charge in [0.2, 0.25) is 5.91 Å². The lowest BCUT2D eigenvalue weighted by atomic mass is 9.68. The van der Waals surface area contributed by atoms with E-state index in [0.29, 0.717) is 24.1 Å². The van der Waals surface area contributed by atoms with Crippen LogP contribution in [0.15, 0.2) is 66.7 Å². The van der Waals surface area contributed by atoms with Gasteiger partial charge in [-0.2, -0.15) is 0 Å². The molecule has 4 rings (SSSR count). The van der Waals surface area contributed by atoms with E-state index in [1.54, 1.807) is 29.2 Å². The van der Waals surface area contributed by atoms with Crippen LogP contribution in [0, 0.1) is 17.5 Å². The average Bonchev–Trinajstić information content (AvgIpc) is 2.84. The van der Waals surface area contributed by atoms with Gasteiger partial charge in [-0.15, -0.1) is 0 Å². The Morgan fingerprint density at radius 1 is 0.971 bits per heavy atom. The molecule has 3 aromatic carbocycles. The Morgan fingerprint density at radius 3 is 2.23 bits per heavy atom. The zero-order valence-corrected chi connectivity index (χ0v) is 19.4. The van der Waals surface area contributed by atoms with Gasteiger partial charge in [0.15, 0.2) is 0 Å². The molecule has 0 saturated carbocycles. The number of carbonyl (C=O) groups excluding carboxylic acids is 1. The zero-order chi connectivity index (χ0) is 25.2. The van der Waals surface area contributed by atoms with Crippen LogP contribution in [0.2, 0.25) is 0 Å².